The van der Waals surface area contributed by atoms with Crippen molar-refractivity contribution in [1.29, 1.82) is 0 Å². The topological polar surface area (TPSA) is 41.5 Å². The Hall–Kier alpha value is -1.06. The van der Waals surface area contributed by atoms with Crippen molar-refractivity contribution in [2.24, 2.45) is 0 Å². The molecule has 1 aliphatic heterocycles. The molecular weight excluding hydrogens is 214 g/mol. The van der Waals surface area contributed by atoms with E-state index in [0.29, 0.717) is 0 Å². The van der Waals surface area contributed by atoms with E-state index in [9.17, 15) is 5.11 Å². The first-order valence-electron chi connectivity index (χ1n) is 6.25. The van der Waals surface area contributed by atoms with Gasteiger partial charge in [-0.15, -0.1) is 0 Å². The summed E-state index contributed by atoms with van der Waals surface area (Å²) in [5, 5.41) is 14.1. The summed E-state index contributed by atoms with van der Waals surface area (Å²) >= 11 is 0. The van der Waals surface area contributed by atoms with Crippen molar-refractivity contribution >= 4 is 0 Å². The van der Waals surface area contributed by atoms with Crippen molar-refractivity contribution in [3.05, 3.63) is 29.8 Å². The van der Waals surface area contributed by atoms with Crippen LogP contribution < -0.4 is 10.1 Å². The average molecular weight is 235 g/mol. The SMILES string of the molecule is COc1ccc(C(C)(O)C2CCCCN2)cc1. The lowest BCUT2D eigenvalue weighted by Gasteiger charge is -2.36. The Morgan fingerprint density at radius 3 is 2.53 bits per heavy atom. The van der Waals surface area contributed by atoms with E-state index in [-0.39, 0.29) is 6.04 Å². The molecule has 3 nitrogen and oxygen atoms in total. The second-order valence-corrected chi connectivity index (χ2v) is 4.88. The minimum atomic E-state index is -0.813. The number of hydrogen-bond donors (Lipinski definition) is 2. The predicted octanol–water partition coefficient (Wildman–Crippen LogP) is 2.04. The third-order valence-electron chi connectivity index (χ3n) is 3.66. The molecule has 2 N–H and O–H groups in total. The minimum Gasteiger partial charge on any atom is -0.497 e. The van der Waals surface area contributed by atoms with Gasteiger partial charge in [-0.05, 0) is 44.0 Å². The Labute approximate surface area is 103 Å². The Bertz CT molecular complexity index is 353. The van der Waals surface area contributed by atoms with Gasteiger partial charge in [-0.25, -0.2) is 0 Å². The first kappa shape index (κ1) is 12.4. The molecule has 0 radical (unpaired) electrons. The lowest BCUT2D eigenvalue weighted by Crippen LogP contribution is -2.49. The Morgan fingerprint density at radius 2 is 2.00 bits per heavy atom. The molecule has 1 aromatic carbocycles. The fraction of sp³-hybridized carbons (Fsp3) is 0.571. The predicted molar refractivity (Wildman–Crippen MR) is 68.2 cm³/mol. The second kappa shape index (κ2) is 5.07. The van der Waals surface area contributed by atoms with Gasteiger partial charge < -0.3 is 15.2 Å². The standard InChI is InChI=1S/C14H21NO2/c1-14(16,13-5-3-4-10-15-13)11-6-8-12(17-2)9-7-11/h6-9,13,15-16H,3-5,10H2,1-2H3. The smallest absolute Gasteiger partial charge is 0.118 e. The van der Waals surface area contributed by atoms with Crippen molar-refractivity contribution in [3.63, 3.8) is 0 Å². The van der Waals surface area contributed by atoms with Crippen LogP contribution in [0.3, 0.4) is 0 Å². The molecule has 0 spiro atoms. The second-order valence-electron chi connectivity index (χ2n) is 4.88. The first-order valence-corrected chi connectivity index (χ1v) is 6.25. The molecule has 17 heavy (non-hydrogen) atoms. The van der Waals surface area contributed by atoms with Crippen LogP contribution in [0.15, 0.2) is 24.3 Å². The van der Waals surface area contributed by atoms with E-state index in [1.807, 2.05) is 31.2 Å². The Morgan fingerprint density at radius 1 is 1.29 bits per heavy atom. The van der Waals surface area contributed by atoms with Crippen molar-refractivity contribution in [2.75, 3.05) is 13.7 Å². The summed E-state index contributed by atoms with van der Waals surface area (Å²) in [6, 6.07) is 7.81. The van der Waals surface area contributed by atoms with Gasteiger partial charge in [0.25, 0.3) is 0 Å². The van der Waals surface area contributed by atoms with Crippen LogP contribution >= 0.6 is 0 Å². The number of ether oxygens (including phenoxy) is 1. The van der Waals surface area contributed by atoms with Gasteiger partial charge in [0.1, 0.15) is 11.4 Å². The lowest BCUT2D eigenvalue weighted by molar-refractivity contribution is 0.00565. The first-order chi connectivity index (χ1) is 8.14. The molecule has 94 valence electrons. The summed E-state index contributed by atoms with van der Waals surface area (Å²) in [6.45, 7) is 2.88. The van der Waals surface area contributed by atoms with Crippen LogP contribution in [0.5, 0.6) is 5.75 Å². The van der Waals surface area contributed by atoms with E-state index in [1.165, 1.54) is 12.8 Å². The van der Waals surface area contributed by atoms with Gasteiger partial charge in [-0.2, -0.15) is 0 Å². The van der Waals surface area contributed by atoms with Crippen LogP contribution in [0, 0.1) is 0 Å². The molecule has 2 rings (SSSR count). The molecule has 1 saturated heterocycles. The van der Waals surface area contributed by atoms with Gasteiger partial charge in [0.2, 0.25) is 0 Å². The fourth-order valence-corrected chi connectivity index (χ4v) is 2.46. The molecule has 3 heteroatoms. The van der Waals surface area contributed by atoms with Gasteiger partial charge >= 0.3 is 0 Å². The highest BCUT2D eigenvalue weighted by Crippen LogP contribution is 2.30. The van der Waals surface area contributed by atoms with Crippen LogP contribution in [0.1, 0.15) is 31.7 Å². The molecule has 0 aliphatic carbocycles. The molecule has 2 unspecified atom stereocenters. The maximum absolute atomic E-state index is 10.7. The number of methoxy groups -OCH3 is 1. The highest BCUT2D eigenvalue weighted by Gasteiger charge is 2.34. The van der Waals surface area contributed by atoms with Gasteiger partial charge in [0, 0.05) is 6.04 Å². The van der Waals surface area contributed by atoms with E-state index < -0.39 is 5.60 Å². The van der Waals surface area contributed by atoms with Crippen LogP contribution in [0.2, 0.25) is 0 Å². The summed E-state index contributed by atoms with van der Waals surface area (Å²) in [6.07, 6.45) is 3.41. The number of hydrogen-bond acceptors (Lipinski definition) is 3. The summed E-state index contributed by atoms with van der Waals surface area (Å²) < 4.78 is 5.13. The summed E-state index contributed by atoms with van der Waals surface area (Å²) in [5.41, 5.74) is 0.130. The Balaban J connectivity index is 2.17. The average Bonchev–Trinajstić information content (AvgIpc) is 2.40. The molecule has 2 atom stereocenters. The maximum atomic E-state index is 10.7. The van der Waals surface area contributed by atoms with Crippen LogP contribution in [0.25, 0.3) is 0 Å². The normalized spacial score (nSPS) is 24.1. The van der Waals surface area contributed by atoms with E-state index in [0.717, 1.165) is 24.3 Å². The van der Waals surface area contributed by atoms with Gasteiger partial charge in [-0.3, -0.25) is 0 Å². The van der Waals surface area contributed by atoms with Gasteiger partial charge in [0.05, 0.1) is 7.11 Å². The van der Waals surface area contributed by atoms with E-state index in [2.05, 4.69) is 5.32 Å². The zero-order valence-electron chi connectivity index (χ0n) is 10.6. The molecule has 0 bridgehead atoms. The summed E-state index contributed by atoms with van der Waals surface area (Å²) in [7, 11) is 1.65. The van der Waals surface area contributed by atoms with Crippen molar-refractivity contribution in [2.45, 2.75) is 37.8 Å². The zero-order chi connectivity index (χ0) is 12.3. The maximum Gasteiger partial charge on any atom is 0.118 e. The molecule has 0 amide bonds. The third kappa shape index (κ3) is 2.61. The highest BCUT2D eigenvalue weighted by atomic mass is 16.5. The van der Waals surface area contributed by atoms with E-state index in [1.54, 1.807) is 7.11 Å². The quantitative estimate of drug-likeness (QED) is 0.842. The zero-order valence-corrected chi connectivity index (χ0v) is 10.6. The Kier molecular flexibility index (Phi) is 3.69. The monoisotopic (exact) mass is 235 g/mol. The number of nitrogens with one attached hydrogen (secondary N) is 1. The fourth-order valence-electron chi connectivity index (χ4n) is 2.46. The minimum absolute atomic E-state index is 0.143. The van der Waals surface area contributed by atoms with Crippen molar-refractivity contribution in [3.8, 4) is 5.75 Å². The highest BCUT2D eigenvalue weighted by molar-refractivity contribution is 5.31. The number of piperidine rings is 1. The number of benzene rings is 1. The summed E-state index contributed by atoms with van der Waals surface area (Å²) in [4.78, 5) is 0. The van der Waals surface area contributed by atoms with Crippen LogP contribution in [-0.4, -0.2) is 24.8 Å². The lowest BCUT2D eigenvalue weighted by atomic mass is 9.84. The van der Waals surface area contributed by atoms with E-state index >= 15 is 0 Å². The molecule has 1 fully saturated rings. The number of aliphatic hydroxyl groups is 1. The summed E-state index contributed by atoms with van der Waals surface area (Å²) in [5.74, 6) is 0.821. The molecule has 1 aliphatic rings. The molecule has 0 aromatic heterocycles. The number of rotatable bonds is 3. The third-order valence-corrected chi connectivity index (χ3v) is 3.66. The largest absolute Gasteiger partial charge is 0.497 e. The molecule has 0 saturated carbocycles. The molecule has 1 heterocycles. The van der Waals surface area contributed by atoms with E-state index in [4.69, 9.17) is 4.74 Å². The van der Waals surface area contributed by atoms with Crippen LogP contribution in [0.4, 0.5) is 0 Å². The van der Waals surface area contributed by atoms with Crippen molar-refractivity contribution in [1.82, 2.24) is 5.32 Å². The van der Waals surface area contributed by atoms with Gasteiger partial charge in [0.15, 0.2) is 0 Å². The molecular formula is C14H21NO2. The molecule has 1 aromatic rings. The van der Waals surface area contributed by atoms with Gasteiger partial charge in [-0.1, -0.05) is 18.6 Å². The van der Waals surface area contributed by atoms with Crippen LogP contribution in [-0.2, 0) is 5.60 Å². The van der Waals surface area contributed by atoms with Crippen molar-refractivity contribution < 1.29 is 9.84 Å².